The second-order valence-electron chi connectivity index (χ2n) is 6.78. The van der Waals surface area contributed by atoms with Crippen LogP contribution < -0.4 is 0 Å². The quantitative estimate of drug-likeness (QED) is 0.323. The highest BCUT2D eigenvalue weighted by Crippen LogP contribution is 2.41. The van der Waals surface area contributed by atoms with Crippen LogP contribution in [0, 0.1) is 11.8 Å². The molecule has 0 aromatic rings. The molecule has 22 heavy (non-hydrogen) atoms. The minimum Gasteiger partial charge on any atom is -0.462 e. The van der Waals surface area contributed by atoms with Gasteiger partial charge in [0.1, 0.15) is 5.57 Å². The van der Waals surface area contributed by atoms with E-state index in [-0.39, 0.29) is 11.8 Å². The summed E-state index contributed by atoms with van der Waals surface area (Å²) in [5.41, 5.74) is 1.55. The number of hydrogen-bond donors (Lipinski definition) is 0. The predicted molar refractivity (Wildman–Crippen MR) is 87.5 cm³/mol. The lowest BCUT2D eigenvalue weighted by Gasteiger charge is -2.33. The van der Waals surface area contributed by atoms with E-state index in [0.29, 0.717) is 24.0 Å². The van der Waals surface area contributed by atoms with E-state index in [2.05, 4.69) is 0 Å². The van der Waals surface area contributed by atoms with Gasteiger partial charge >= 0.3 is 5.97 Å². The maximum absolute atomic E-state index is 12.4. The van der Waals surface area contributed by atoms with Crippen LogP contribution in [-0.4, -0.2) is 18.4 Å². The normalized spacial score (nSPS) is 20.5. The number of hydrogen-bond acceptors (Lipinski definition) is 3. The van der Waals surface area contributed by atoms with Crippen molar-refractivity contribution in [2.75, 3.05) is 6.61 Å². The molecule has 0 aromatic heterocycles. The predicted octanol–water partition coefficient (Wildman–Crippen LogP) is 4.60. The van der Waals surface area contributed by atoms with Crippen LogP contribution in [0.4, 0.5) is 0 Å². The number of ketones is 1. The number of ether oxygens (including phenoxy) is 1. The largest absolute Gasteiger partial charge is 0.462 e. The molecule has 2 rings (SSSR count). The Labute approximate surface area is 134 Å². The summed E-state index contributed by atoms with van der Waals surface area (Å²) >= 11 is 0. The number of rotatable bonds is 5. The minimum absolute atomic E-state index is 0.107. The number of allylic oxidation sites excluding steroid dienone is 1. The monoisotopic (exact) mass is 306 g/mol. The van der Waals surface area contributed by atoms with Crippen molar-refractivity contribution in [2.45, 2.75) is 78.1 Å². The van der Waals surface area contributed by atoms with Gasteiger partial charge in [0.15, 0.2) is 5.78 Å². The van der Waals surface area contributed by atoms with E-state index in [1.54, 1.807) is 6.92 Å². The molecule has 0 atom stereocenters. The third-order valence-electron chi connectivity index (χ3n) is 5.21. The Balaban J connectivity index is 2.38. The molecule has 2 aliphatic carbocycles. The topological polar surface area (TPSA) is 43.4 Å². The molecule has 0 unspecified atom stereocenters. The summed E-state index contributed by atoms with van der Waals surface area (Å²) in [6.45, 7) is 3.66. The highest BCUT2D eigenvalue weighted by atomic mass is 16.5. The average molecular weight is 306 g/mol. The highest BCUT2D eigenvalue weighted by Gasteiger charge is 2.33. The maximum Gasteiger partial charge on any atom is 0.341 e. The van der Waals surface area contributed by atoms with Crippen molar-refractivity contribution in [3.8, 4) is 0 Å². The van der Waals surface area contributed by atoms with Gasteiger partial charge in [-0.3, -0.25) is 4.79 Å². The van der Waals surface area contributed by atoms with E-state index in [9.17, 15) is 9.59 Å². The third-order valence-corrected chi connectivity index (χ3v) is 5.21. The summed E-state index contributed by atoms with van der Waals surface area (Å²) in [6, 6.07) is 0. The van der Waals surface area contributed by atoms with E-state index in [1.807, 2.05) is 0 Å². The molecule has 0 bridgehead atoms. The molecule has 0 aliphatic heterocycles. The molecule has 2 fully saturated rings. The molecule has 0 N–H and O–H groups in total. The number of esters is 1. The molecule has 124 valence electrons. The maximum atomic E-state index is 12.4. The highest BCUT2D eigenvalue weighted by molar-refractivity contribution is 6.17. The Bertz CT molecular complexity index is 404. The van der Waals surface area contributed by atoms with Crippen molar-refractivity contribution in [1.82, 2.24) is 0 Å². The summed E-state index contributed by atoms with van der Waals surface area (Å²) in [7, 11) is 0. The lowest BCUT2D eigenvalue weighted by atomic mass is 9.71. The zero-order valence-corrected chi connectivity index (χ0v) is 14.2. The van der Waals surface area contributed by atoms with Crippen LogP contribution >= 0.6 is 0 Å². The van der Waals surface area contributed by atoms with Gasteiger partial charge in [-0.15, -0.1) is 0 Å². The van der Waals surface area contributed by atoms with E-state index in [0.717, 1.165) is 31.3 Å². The molecular formula is C19H30O3. The van der Waals surface area contributed by atoms with Crippen molar-refractivity contribution in [2.24, 2.45) is 11.8 Å². The molecular weight excluding hydrogens is 276 g/mol. The van der Waals surface area contributed by atoms with Gasteiger partial charge in [-0.05, 0) is 56.9 Å². The molecule has 0 amide bonds. The zero-order valence-electron chi connectivity index (χ0n) is 14.2. The number of carbonyl (C=O) groups excluding carboxylic acids is 2. The summed E-state index contributed by atoms with van der Waals surface area (Å²) in [6.07, 6.45) is 11.9. The Morgan fingerprint density at radius 1 is 0.864 bits per heavy atom. The zero-order chi connectivity index (χ0) is 15.9. The Morgan fingerprint density at radius 3 is 1.68 bits per heavy atom. The molecule has 0 spiro atoms. The molecule has 0 saturated heterocycles. The molecule has 3 heteroatoms. The molecule has 2 aliphatic rings. The first-order valence-electron chi connectivity index (χ1n) is 9.07. The third kappa shape index (κ3) is 4.21. The van der Waals surface area contributed by atoms with Gasteiger partial charge in [0.2, 0.25) is 0 Å². The van der Waals surface area contributed by atoms with Crippen LogP contribution in [0.15, 0.2) is 11.1 Å². The fraction of sp³-hybridized carbons (Fsp3) is 0.789. The first kappa shape index (κ1) is 17.2. The van der Waals surface area contributed by atoms with Crippen LogP contribution in [0.1, 0.15) is 78.1 Å². The molecule has 2 saturated carbocycles. The van der Waals surface area contributed by atoms with Crippen LogP contribution in [0.3, 0.4) is 0 Å². The fourth-order valence-corrected chi connectivity index (χ4v) is 4.24. The smallest absolute Gasteiger partial charge is 0.341 e. The first-order chi connectivity index (χ1) is 10.6. The van der Waals surface area contributed by atoms with Crippen LogP contribution in [-0.2, 0) is 14.3 Å². The second kappa shape index (κ2) is 8.50. The van der Waals surface area contributed by atoms with Gasteiger partial charge in [0, 0.05) is 0 Å². The molecule has 0 aromatic carbocycles. The Morgan fingerprint density at radius 2 is 1.32 bits per heavy atom. The van der Waals surface area contributed by atoms with Crippen molar-refractivity contribution in [1.29, 1.82) is 0 Å². The van der Waals surface area contributed by atoms with Gasteiger partial charge in [0.25, 0.3) is 0 Å². The van der Waals surface area contributed by atoms with Gasteiger partial charge in [-0.2, -0.15) is 0 Å². The number of Topliss-reactive ketones (excluding diaryl/α,β-unsaturated/α-hetero) is 1. The summed E-state index contributed by atoms with van der Waals surface area (Å²) < 4.78 is 5.21. The Hall–Kier alpha value is -1.12. The number of carbonyl (C=O) groups is 2. The molecule has 3 nitrogen and oxygen atoms in total. The van der Waals surface area contributed by atoms with Gasteiger partial charge in [-0.1, -0.05) is 38.5 Å². The summed E-state index contributed by atoms with van der Waals surface area (Å²) in [4.78, 5) is 24.6. The van der Waals surface area contributed by atoms with Crippen molar-refractivity contribution in [3.63, 3.8) is 0 Å². The minimum atomic E-state index is -0.388. The van der Waals surface area contributed by atoms with Gasteiger partial charge < -0.3 is 4.74 Å². The van der Waals surface area contributed by atoms with Crippen molar-refractivity contribution < 1.29 is 14.3 Å². The lowest BCUT2D eigenvalue weighted by Crippen LogP contribution is -2.26. The standard InChI is InChI=1S/C19H30O3/c1-3-22-19(21)17(14(2)20)18(15-10-6-4-7-11-15)16-12-8-5-9-13-16/h15-16H,3-13H2,1-2H3. The van der Waals surface area contributed by atoms with E-state index < -0.39 is 0 Å². The van der Waals surface area contributed by atoms with Gasteiger partial charge in [0.05, 0.1) is 6.61 Å². The SMILES string of the molecule is CCOC(=O)C(C(C)=O)=C(C1CCCCC1)C1CCCCC1. The lowest BCUT2D eigenvalue weighted by molar-refractivity contribution is -0.140. The van der Waals surface area contributed by atoms with Crippen molar-refractivity contribution >= 4 is 11.8 Å². The second-order valence-corrected chi connectivity index (χ2v) is 6.78. The van der Waals surface area contributed by atoms with E-state index in [4.69, 9.17) is 4.74 Å². The van der Waals surface area contributed by atoms with Crippen LogP contribution in [0.25, 0.3) is 0 Å². The van der Waals surface area contributed by atoms with Crippen LogP contribution in [0.2, 0.25) is 0 Å². The van der Waals surface area contributed by atoms with Crippen LogP contribution in [0.5, 0.6) is 0 Å². The summed E-state index contributed by atoms with van der Waals surface area (Å²) in [5.74, 6) is 0.339. The van der Waals surface area contributed by atoms with Crippen molar-refractivity contribution in [3.05, 3.63) is 11.1 Å². The average Bonchev–Trinajstić information content (AvgIpc) is 2.54. The Kier molecular flexibility index (Phi) is 6.66. The first-order valence-corrected chi connectivity index (χ1v) is 9.07. The fourth-order valence-electron chi connectivity index (χ4n) is 4.24. The molecule has 0 heterocycles. The van der Waals surface area contributed by atoms with E-state index >= 15 is 0 Å². The molecule has 0 radical (unpaired) electrons. The van der Waals surface area contributed by atoms with E-state index in [1.165, 1.54) is 45.4 Å². The van der Waals surface area contributed by atoms with Gasteiger partial charge in [-0.25, -0.2) is 4.79 Å². The summed E-state index contributed by atoms with van der Waals surface area (Å²) in [5, 5.41) is 0.